The summed E-state index contributed by atoms with van der Waals surface area (Å²) >= 11 is 0. The smallest absolute Gasteiger partial charge is 0.00817 e. The summed E-state index contributed by atoms with van der Waals surface area (Å²) in [5.41, 5.74) is 0. The van der Waals surface area contributed by atoms with E-state index in [4.69, 9.17) is 0 Å². The summed E-state index contributed by atoms with van der Waals surface area (Å²) < 4.78 is 0. The summed E-state index contributed by atoms with van der Waals surface area (Å²) in [4.78, 5) is 2.43. The van der Waals surface area contributed by atoms with Crippen LogP contribution in [0.3, 0.4) is 0 Å². The van der Waals surface area contributed by atoms with E-state index in [1.165, 1.54) is 58.2 Å². The van der Waals surface area contributed by atoms with Crippen molar-refractivity contribution in [3.05, 3.63) is 0 Å². The number of rotatable bonds is 9. The molecule has 19 heavy (non-hydrogen) atoms. The zero-order chi connectivity index (χ0) is 14.1. The maximum Gasteiger partial charge on any atom is 0.00817 e. The maximum absolute atomic E-state index is 3.67. The second kappa shape index (κ2) is 9.73. The Bertz CT molecular complexity index is 212. The van der Waals surface area contributed by atoms with Gasteiger partial charge in [0, 0.05) is 18.1 Å². The van der Waals surface area contributed by atoms with Crippen LogP contribution in [0.5, 0.6) is 0 Å². The van der Waals surface area contributed by atoms with E-state index in [0.29, 0.717) is 12.1 Å². The van der Waals surface area contributed by atoms with Crippen LogP contribution in [0.1, 0.15) is 59.3 Å². The number of nitrogens with zero attached hydrogens (tertiary/aromatic N) is 1. The minimum atomic E-state index is 0.651. The average molecular weight is 269 g/mol. The Morgan fingerprint density at radius 1 is 1.21 bits per heavy atom. The number of piperidine rings is 1. The van der Waals surface area contributed by atoms with Gasteiger partial charge in [0.1, 0.15) is 0 Å². The van der Waals surface area contributed by atoms with Crippen LogP contribution in [-0.2, 0) is 0 Å². The quantitative estimate of drug-likeness (QED) is 0.630. The Hall–Kier alpha value is -0.120. The van der Waals surface area contributed by atoms with Gasteiger partial charge in [-0.15, -0.1) is 0 Å². The van der Waals surface area contributed by atoms with Crippen LogP contribution in [0.25, 0.3) is 0 Å². The van der Waals surface area contributed by atoms with Gasteiger partial charge in [0.05, 0.1) is 0 Å². The van der Waals surface area contributed by atoms with Crippen molar-refractivity contribution in [3.63, 3.8) is 0 Å². The first-order valence-electron chi connectivity index (χ1n) is 8.26. The summed E-state index contributed by atoms with van der Waals surface area (Å²) in [5, 5.41) is 7.31. The summed E-state index contributed by atoms with van der Waals surface area (Å²) in [5.74, 6) is 0. The van der Waals surface area contributed by atoms with Gasteiger partial charge in [0.25, 0.3) is 0 Å². The Morgan fingerprint density at radius 3 is 2.63 bits per heavy atom. The van der Waals surface area contributed by atoms with E-state index in [-0.39, 0.29) is 0 Å². The molecule has 1 aliphatic heterocycles. The molecule has 2 unspecified atom stereocenters. The monoisotopic (exact) mass is 269 g/mol. The third-order valence-electron chi connectivity index (χ3n) is 4.36. The van der Waals surface area contributed by atoms with Crippen molar-refractivity contribution in [2.75, 3.05) is 26.7 Å². The van der Waals surface area contributed by atoms with Crippen molar-refractivity contribution in [3.8, 4) is 0 Å². The topological polar surface area (TPSA) is 27.3 Å². The fourth-order valence-electron chi connectivity index (χ4n) is 2.73. The molecule has 0 spiro atoms. The number of hydrogen-bond acceptors (Lipinski definition) is 3. The first-order chi connectivity index (χ1) is 9.09. The normalized spacial score (nSPS) is 22.1. The largest absolute Gasteiger partial charge is 0.314 e. The lowest BCUT2D eigenvalue weighted by Gasteiger charge is -2.26. The van der Waals surface area contributed by atoms with E-state index < -0.39 is 0 Å². The lowest BCUT2D eigenvalue weighted by atomic mass is 9.99. The molecule has 0 aromatic rings. The van der Waals surface area contributed by atoms with Crippen molar-refractivity contribution < 1.29 is 0 Å². The minimum absolute atomic E-state index is 0.651. The maximum atomic E-state index is 3.67. The third-order valence-corrected chi connectivity index (χ3v) is 4.36. The molecule has 2 N–H and O–H groups in total. The van der Waals surface area contributed by atoms with Gasteiger partial charge in [0.2, 0.25) is 0 Å². The third kappa shape index (κ3) is 7.91. The average Bonchev–Trinajstić information content (AvgIpc) is 2.39. The molecule has 0 aromatic carbocycles. The van der Waals surface area contributed by atoms with Crippen LogP contribution in [0.15, 0.2) is 0 Å². The molecule has 0 radical (unpaired) electrons. The van der Waals surface area contributed by atoms with Gasteiger partial charge in [-0.3, -0.25) is 0 Å². The Kier molecular flexibility index (Phi) is 8.67. The molecule has 1 fully saturated rings. The van der Waals surface area contributed by atoms with Gasteiger partial charge in [-0.2, -0.15) is 0 Å². The van der Waals surface area contributed by atoms with Crippen molar-refractivity contribution in [2.45, 2.75) is 77.4 Å². The second-order valence-electron chi connectivity index (χ2n) is 6.52. The van der Waals surface area contributed by atoms with E-state index in [1.54, 1.807) is 0 Å². The molecule has 3 heteroatoms. The van der Waals surface area contributed by atoms with Gasteiger partial charge < -0.3 is 15.5 Å². The summed E-state index contributed by atoms with van der Waals surface area (Å²) in [6.45, 7) is 10.5. The van der Waals surface area contributed by atoms with Gasteiger partial charge in [-0.05, 0) is 79.6 Å². The molecule has 1 heterocycles. The second-order valence-corrected chi connectivity index (χ2v) is 6.52. The fourth-order valence-corrected chi connectivity index (χ4v) is 2.73. The van der Waals surface area contributed by atoms with Crippen molar-refractivity contribution in [1.29, 1.82) is 0 Å². The molecule has 3 nitrogen and oxygen atoms in total. The molecule has 114 valence electrons. The number of nitrogens with one attached hydrogen (secondary N) is 2. The van der Waals surface area contributed by atoms with Crippen LogP contribution in [0.2, 0.25) is 0 Å². The Balaban J connectivity index is 1.96. The zero-order valence-corrected chi connectivity index (χ0v) is 13.5. The number of hydrogen-bond donors (Lipinski definition) is 2. The van der Waals surface area contributed by atoms with Crippen LogP contribution in [-0.4, -0.2) is 49.7 Å². The van der Waals surface area contributed by atoms with Gasteiger partial charge in [0.15, 0.2) is 0 Å². The lowest BCUT2D eigenvalue weighted by molar-refractivity contribution is 0.266. The number of unbranched alkanes of at least 4 members (excludes halogenated alkanes) is 1. The first kappa shape index (κ1) is 16.9. The molecule has 1 aliphatic rings. The van der Waals surface area contributed by atoms with E-state index >= 15 is 0 Å². The molecule has 0 aliphatic carbocycles. The summed E-state index contributed by atoms with van der Waals surface area (Å²) in [6.07, 6.45) is 8.01. The van der Waals surface area contributed by atoms with Crippen LogP contribution >= 0.6 is 0 Å². The van der Waals surface area contributed by atoms with Crippen molar-refractivity contribution >= 4 is 0 Å². The van der Waals surface area contributed by atoms with Crippen LogP contribution in [0, 0.1) is 0 Å². The highest BCUT2D eigenvalue weighted by Crippen LogP contribution is 2.11. The first-order valence-corrected chi connectivity index (χ1v) is 8.26. The molecule has 1 saturated heterocycles. The molecule has 2 atom stereocenters. The molecular weight excluding hydrogens is 234 g/mol. The van der Waals surface area contributed by atoms with Gasteiger partial charge in [-0.1, -0.05) is 6.42 Å². The summed E-state index contributed by atoms with van der Waals surface area (Å²) in [7, 11) is 2.22. The van der Waals surface area contributed by atoms with E-state index in [2.05, 4.69) is 43.4 Å². The molecular formula is C16H35N3. The van der Waals surface area contributed by atoms with Crippen LogP contribution < -0.4 is 10.6 Å². The predicted molar refractivity (Wildman–Crippen MR) is 84.7 cm³/mol. The highest BCUT2D eigenvalue weighted by Gasteiger charge is 2.15. The predicted octanol–water partition coefficient (Wildman–Crippen LogP) is 2.62. The van der Waals surface area contributed by atoms with E-state index in [0.717, 1.165) is 6.04 Å². The zero-order valence-electron chi connectivity index (χ0n) is 13.5. The molecule has 0 aromatic heterocycles. The van der Waals surface area contributed by atoms with Gasteiger partial charge >= 0.3 is 0 Å². The molecule has 1 rings (SSSR count). The Labute approximate surface area is 120 Å². The fraction of sp³-hybridized carbons (Fsp3) is 1.00. The molecule has 0 amide bonds. The highest BCUT2D eigenvalue weighted by atomic mass is 15.1. The van der Waals surface area contributed by atoms with E-state index in [9.17, 15) is 0 Å². The van der Waals surface area contributed by atoms with Crippen LogP contribution in [0.4, 0.5) is 0 Å². The molecule has 0 bridgehead atoms. The SMILES string of the molecule is CC(CC1CCCCN1)NCCCCN(C)C(C)C. The summed E-state index contributed by atoms with van der Waals surface area (Å²) in [6, 6.07) is 2.08. The van der Waals surface area contributed by atoms with Crippen molar-refractivity contribution in [1.82, 2.24) is 15.5 Å². The highest BCUT2D eigenvalue weighted by molar-refractivity contribution is 4.76. The molecule has 0 saturated carbocycles. The lowest BCUT2D eigenvalue weighted by Crippen LogP contribution is -2.40. The van der Waals surface area contributed by atoms with Crippen molar-refractivity contribution in [2.24, 2.45) is 0 Å². The van der Waals surface area contributed by atoms with E-state index in [1.807, 2.05) is 0 Å². The minimum Gasteiger partial charge on any atom is -0.314 e. The Morgan fingerprint density at radius 2 is 2.00 bits per heavy atom. The van der Waals surface area contributed by atoms with Gasteiger partial charge in [-0.25, -0.2) is 0 Å². The standard InChI is InChI=1S/C16H35N3/c1-14(2)19(4)12-8-7-10-17-15(3)13-16-9-5-6-11-18-16/h14-18H,5-13H2,1-4H3.